The minimum atomic E-state index is -0.419. The van der Waals surface area contributed by atoms with Crippen LogP contribution in [0.1, 0.15) is 40.2 Å². The van der Waals surface area contributed by atoms with Gasteiger partial charge in [0, 0.05) is 12.6 Å². The van der Waals surface area contributed by atoms with Crippen LogP contribution in [0.3, 0.4) is 0 Å². The van der Waals surface area contributed by atoms with Crippen molar-refractivity contribution >= 4 is 5.84 Å². The molecule has 0 unspecified atom stereocenters. The van der Waals surface area contributed by atoms with E-state index in [1.807, 2.05) is 44.2 Å². The fourth-order valence-electron chi connectivity index (χ4n) is 1.52. The van der Waals surface area contributed by atoms with Crippen molar-refractivity contribution in [2.24, 2.45) is 10.4 Å². The first-order chi connectivity index (χ1) is 8.21. The summed E-state index contributed by atoms with van der Waals surface area (Å²) in [6, 6.07) is 9.73. The van der Waals surface area contributed by atoms with E-state index in [-0.39, 0.29) is 5.41 Å². The van der Waals surface area contributed by atoms with Gasteiger partial charge < -0.3 is 0 Å². The van der Waals surface area contributed by atoms with Gasteiger partial charge in [0.1, 0.15) is 0 Å². The summed E-state index contributed by atoms with van der Waals surface area (Å²) in [5.41, 5.74) is 0.421. The summed E-state index contributed by atoms with van der Waals surface area (Å²) in [6.45, 7) is 10.3. The number of amidine groups is 1. The van der Waals surface area contributed by atoms with Crippen LogP contribution in [0.4, 0.5) is 0 Å². The molecule has 1 rings (SSSR count). The van der Waals surface area contributed by atoms with Gasteiger partial charge in [0.15, 0.2) is 5.84 Å². The highest BCUT2D eigenvalue weighted by molar-refractivity contribution is 5.98. The normalized spacial score (nSPS) is 13.6. The van der Waals surface area contributed by atoms with Gasteiger partial charge in [-0.2, -0.15) is 0 Å². The van der Waals surface area contributed by atoms with Crippen LogP contribution in [-0.2, 0) is 0 Å². The molecule has 0 spiro atoms. The van der Waals surface area contributed by atoms with Crippen molar-refractivity contribution in [2.45, 2.75) is 40.2 Å². The molecular formula is C15H24N2O. The second kappa shape index (κ2) is 5.11. The molecule has 0 aliphatic rings. The van der Waals surface area contributed by atoms with Gasteiger partial charge in [0.2, 0.25) is 0 Å². The van der Waals surface area contributed by atoms with E-state index in [0.29, 0.717) is 5.84 Å². The summed E-state index contributed by atoms with van der Waals surface area (Å²) in [5.74, 6) is 0.593. The molecule has 0 bridgehead atoms. The lowest BCUT2D eigenvalue weighted by Crippen LogP contribution is -2.54. The molecule has 0 saturated heterocycles. The first-order valence-corrected chi connectivity index (χ1v) is 6.23. The van der Waals surface area contributed by atoms with Gasteiger partial charge in [-0.1, -0.05) is 51.1 Å². The Morgan fingerprint density at radius 2 is 1.56 bits per heavy atom. The monoisotopic (exact) mass is 248 g/mol. The molecule has 0 saturated carbocycles. The van der Waals surface area contributed by atoms with Crippen molar-refractivity contribution in [1.29, 1.82) is 0 Å². The van der Waals surface area contributed by atoms with Crippen molar-refractivity contribution in [1.82, 2.24) is 5.06 Å². The lowest BCUT2D eigenvalue weighted by Gasteiger charge is -2.45. The Balaban J connectivity index is 3.13. The van der Waals surface area contributed by atoms with E-state index in [2.05, 4.69) is 25.8 Å². The zero-order valence-electron chi connectivity index (χ0n) is 12.2. The summed E-state index contributed by atoms with van der Waals surface area (Å²) in [7, 11) is 1.70. The highest BCUT2D eigenvalue weighted by atomic mass is 16.5. The van der Waals surface area contributed by atoms with E-state index in [4.69, 9.17) is 0 Å². The number of nitrogens with zero attached hydrogens (tertiary/aromatic N) is 2. The molecule has 0 heterocycles. The van der Waals surface area contributed by atoms with Crippen molar-refractivity contribution in [3.8, 4) is 0 Å². The van der Waals surface area contributed by atoms with Gasteiger partial charge in [0.05, 0.1) is 5.54 Å². The molecule has 0 aliphatic heterocycles. The molecule has 3 nitrogen and oxygen atoms in total. The van der Waals surface area contributed by atoms with Gasteiger partial charge in [-0.3, -0.25) is 10.2 Å². The third-order valence-electron chi connectivity index (χ3n) is 3.81. The van der Waals surface area contributed by atoms with Crippen LogP contribution in [0, 0.1) is 5.41 Å². The smallest absolute Gasteiger partial charge is 0.155 e. The second-order valence-electron chi connectivity index (χ2n) is 6.03. The lowest BCUT2D eigenvalue weighted by molar-refractivity contribution is -0.133. The van der Waals surface area contributed by atoms with Crippen LogP contribution in [0.15, 0.2) is 35.3 Å². The van der Waals surface area contributed by atoms with Crippen LogP contribution in [0.2, 0.25) is 0 Å². The average Bonchev–Trinajstić information content (AvgIpc) is 2.29. The SMILES string of the molecule is C/N=C(\c1ccccc1)N(O)C(C)(C)C(C)(C)C. The quantitative estimate of drug-likeness (QED) is 0.493. The Hall–Kier alpha value is -1.35. The fraction of sp³-hybridized carbons (Fsp3) is 0.533. The molecule has 0 fully saturated rings. The molecule has 0 aliphatic carbocycles. The topological polar surface area (TPSA) is 35.8 Å². The van der Waals surface area contributed by atoms with Crippen LogP contribution in [0.25, 0.3) is 0 Å². The average molecular weight is 248 g/mol. The van der Waals surface area contributed by atoms with E-state index in [1.54, 1.807) is 7.05 Å². The molecule has 0 atom stereocenters. The molecule has 0 amide bonds. The first-order valence-electron chi connectivity index (χ1n) is 6.23. The van der Waals surface area contributed by atoms with Crippen molar-refractivity contribution < 1.29 is 5.21 Å². The van der Waals surface area contributed by atoms with Crippen molar-refractivity contribution in [3.05, 3.63) is 35.9 Å². The number of hydroxylamine groups is 2. The van der Waals surface area contributed by atoms with Gasteiger partial charge in [-0.15, -0.1) is 0 Å². The van der Waals surface area contributed by atoms with Gasteiger partial charge in [-0.05, 0) is 19.3 Å². The lowest BCUT2D eigenvalue weighted by atomic mass is 9.76. The maximum absolute atomic E-state index is 10.5. The van der Waals surface area contributed by atoms with Gasteiger partial charge in [-0.25, -0.2) is 5.06 Å². The minimum absolute atomic E-state index is 0.0769. The summed E-state index contributed by atoms with van der Waals surface area (Å²) < 4.78 is 0. The number of benzene rings is 1. The summed E-state index contributed by atoms with van der Waals surface area (Å²) in [6.07, 6.45) is 0. The van der Waals surface area contributed by atoms with E-state index < -0.39 is 5.54 Å². The van der Waals surface area contributed by atoms with E-state index in [9.17, 15) is 5.21 Å². The minimum Gasteiger partial charge on any atom is -0.286 e. The zero-order valence-corrected chi connectivity index (χ0v) is 12.2. The van der Waals surface area contributed by atoms with E-state index in [0.717, 1.165) is 5.56 Å². The predicted molar refractivity (Wildman–Crippen MR) is 76.1 cm³/mol. The maximum atomic E-state index is 10.5. The van der Waals surface area contributed by atoms with E-state index in [1.165, 1.54) is 5.06 Å². The Morgan fingerprint density at radius 3 is 1.94 bits per heavy atom. The summed E-state index contributed by atoms with van der Waals surface area (Å²) in [5, 5.41) is 11.8. The Kier molecular flexibility index (Phi) is 4.17. The maximum Gasteiger partial charge on any atom is 0.155 e. The molecule has 0 aromatic heterocycles. The van der Waals surface area contributed by atoms with Crippen LogP contribution >= 0.6 is 0 Å². The third-order valence-corrected chi connectivity index (χ3v) is 3.81. The number of aliphatic imine (C=N–C) groups is 1. The molecule has 1 N–H and O–H groups in total. The predicted octanol–water partition coefficient (Wildman–Crippen LogP) is 3.58. The first kappa shape index (κ1) is 14.7. The standard InChI is InChI=1S/C15H24N2O/c1-14(2,3)15(4,5)17(18)13(16-6)12-10-8-7-9-11-12/h7-11,18H,1-6H3/b16-13+. The highest BCUT2D eigenvalue weighted by Crippen LogP contribution is 2.35. The van der Waals surface area contributed by atoms with Crippen LogP contribution in [-0.4, -0.2) is 28.7 Å². The number of hydrogen-bond acceptors (Lipinski definition) is 2. The molecule has 1 aromatic carbocycles. The molecule has 1 aromatic rings. The second-order valence-corrected chi connectivity index (χ2v) is 6.03. The Labute approximate surface area is 110 Å². The zero-order chi connectivity index (χ0) is 14.0. The van der Waals surface area contributed by atoms with Crippen LogP contribution in [0.5, 0.6) is 0 Å². The molecule has 3 heteroatoms. The molecule has 18 heavy (non-hydrogen) atoms. The van der Waals surface area contributed by atoms with Crippen molar-refractivity contribution in [2.75, 3.05) is 7.05 Å². The Morgan fingerprint density at radius 1 is 1.06 bits per heavy atom. The summed E-state index contributed by atoms with van der Waals surface area (Å²) >= 11 is 0. The van der Waals surface area contributed by atoms with Crippen molar-refractivity contribution in [3.63, 3.8) is 0 Å². The third kappa shape index (κ3) is 2.72. The highest BCUT2D eigenvalue weighted by Gasteiger charge is 2.40. The van der Waals surface area contributed by atoms with Crippen LogP contribution < -0.4 is 0 Å². The number of rotatable bonds is 2. The summed E-state index contributed by atoms with van der Waals surface area (Å²) in [4.78, 5) is 4.23. The molecule has 100 valence electrons. The molecule has 0 radical (unpaired) electrons. The molecular weight excluding hydrogens is 224 g/mol. The van der Waals surface area contributed by atoms with E-state index >= 15 is 0 Å². The fourth-order valence-corrected chi connectivity index (χ4v) is 1.52. The van der Waals surface area contributed by atoms with Gasteiger partial charge in [0.25, 0.3) is 0 Å². The number of hydrogen-bond donors (Lipinski definition) is 1. The largest absolute Gasteiger partial charge is 0.286 e. The van der Waals surface area contributed by atoms with Gasteiger partial charge >= 0.3 is 0 Å². The Bertz CT molecular complexity index is 416.